The maximum atomic E-state index is 15.4. The Labute approximate surface area is 266 Å². The van der Waals surface area contributed by atoms with E-state index >= 15 is 4.39 Å². The zero-order valence-electron chi connectivity index (χ0n) is 23.0. The fourth-order valence-electron chi connectivity index (χ4n) is 5.10. The Morgan fingerprint density at radius 3 is 2.56 bits per heavy atom. The summed E-state index contributed by atoms with van der Waals surface area (Å²) >= 11 is 9.55. The Morgan fingerprint density at radius 2 is 1.82 bits per heavy atom. The first-order chi connectivity index (χ1) is 21.2. The van der Waals surface area contributed by atoms with Crippen molar-refractivity contribution in [2.75, 3.05) is 24.7 Å². The highest BCUT2D eigenvalue weighted by molar-refractivity contribution is 8.44. The Hall–Kier alpha value is -2.20. The lowest BCUT2D eigenvalue weighted by Crippen LogP contribution is -2.29. The van der Waals surface area contributed by atoms with Crippen LogP contribution in [0.4, 0.5) is 16.0 Å². The normalized spacial score (nSPS) is 29.8. The standard InChI is InChI=1S/C21H26FN9O9P2S3/c1-8-11(39-20(12(8)22)30-7-29-13-15(23)25-5-27-17(13)30)4-37-42(35,44)40-10-2-9(3-36-41(33,34)43)38-19(10)31-18-14(45-21(31)32)16(24)26-6-28-18/h5-12,19-20H,2-4H2,1H3,(H,35,44)(H2,23,25,27)(H2,24,26,28)(H2,33,34,43)/t8?,9-,10+,11+,12+,19+,20+,42?/m0/s1. The Bertz CT molecular complexity index is 1890. The van der Waals surface area contributed by atoms with Crippen molar-refractivity contribution in [3.8, 4) is 0 Å². The highest BCUT2D eigenvalue weighted by atomic mass is 32.7. The van der Waals surface area contributed by atoms with Gasteiger partial charge in [0.25, 0.3) is 0 Å². The molecule has 2 fully saturated rings. The van der Waals surface area contributed by atoms with Crippen molar-refractivity contribution in [1.82, 2.24) is 34.1 Å². The van der Waals surface area contributed by atoms with Crippen LogP contribution in [-0.2, 0) is 39.4 Å². The molecule has 2 aliphatic heterocycles. The van der Waals surface area contributed by atoms with E-state index in [0.29, 0.717) is 10.2 Å². The number of fused-ring (bicyclic) bond motifs is 2. The third kappa shape index (κ3) is 6.65. The van der Waals surface area contributed by atoms with Crippen LogP contribution in [0, 0.1) is 5.92 Å². The summed E-state index contributed by atoms with van der Waals surface area (Å²) < 4.78 is 58.1. The molecule has 0 radical (unpaired) electrons. The largest absolute Gasteiger partial charge is 0.383 e. The topological polar surface area (TPSA) is 247 Å². The Balaban J connectivity index is 1.19. The quantitative estimate of drug-likeness (QED) is 0.115. The molecule has 4 aromatic rings. The highest BCUT2D eigenvalue weighted by Gasteiger charge is 2.46. The van der Waals surface area contributed by atoms with Crippen LogP contribution < -0.4 is 16.3 Å². The summed E-state index contributed by atoms with van der Waals surface area (Å²) in [6.45, 7) is -7.41. The maximum absolute atomic E-state index is 15.4. The second-order valence-corrected chi connectivity index (χ2v) is 16.7. The minimum absolute atomic E-state index is 0.0469. The van der Waals surface area contributed by atoms with Gasteiger partial charge in [0.2, 0.25) is 0 Å². The fourth-order valence-corrected chi connectivity index (χ4v) is 7.96. The van der Waals surface area contributed by atoms with Crippen molar-refractivity contribution in [3.63, 3.8) is 0 Å². The van der Waals surface area contributed by atoms with Gasteiger partial charge < -0.3 is 39.8 Å². The van der Waals surface area contributed by atoms with E-state index in [4.69, 9.17) is 46.3 Å². The van der Waals surface area contributed by atoms with Crippen LogP contribution in [0.2, 0.25) is 0 Å². The lowest BCUT2D eigenvalue weighted by atomic mass is 10.0. The number of nitrogens with zero attached hydrogens (tertiary/aromatic N) is 7. The molecule has 2 saturated heterocycles. The summed E-state index contributed by atoms with van der Waals surface area (Å²) in [4.78, 5) is 53.2. The molecule has 6 N–H and O–H groups in total. The minimum Gasteiger partial charge on any atom is -0.382 e. The minimum atomic E-state index is -4.17. The summed E-state index contributed by atoms with van der Waals surface area (Å²) in [6.07, 6.45) is -3.05. The predicted octanol–water partition coefficient (Wildman–Crippen LogP) is 1.68. The molecule has 45 heavy (non-hydrogen) atoms. The van der Waals surface area contributed by atoms with E-state index in [-0.39, 0.29) is 36.0 Å². The Kier molecular flexibility index (Phi) is 9.05. The van der Waals surface area contributed by atoms with E-state index in [1.54, 1.807) is 6.92 Å². The average molecular weight is 726 g/mol. The van der Waals surface area contributed by atoms with E-state index in [1.165, 1.54) is 17.2 Å². The molecule has 18 nitrogen and oxygen atoms in total. The molecule has 0 spiro atoms. The van der Waals surface area contributed by atoms with Gasteiger partial charge in [-0.05, 0) is 11.8 Å². The molecule has 6 heterocycles. The molecule has 9 atom stereocenters. The molecule has 0 saturated carbocycles. The molecule has 2 aliphatic rings. The first-order valence-electron chi connectivity index (χ1n) is 13.1. The number of rotatable bonds is 10. The number of anilines is 2. The van der Waals surface area contributed by atoms with Gasteiger partial charge in [-0.25, -0.2) is 33.9 Å². The van der Waals surface area contributed by atoms with E-state index in [1.807, 2.05) is 0 Å². The van der Waals surface area contributed by atoms with Crippen LogP contribution in [0.3, 0.4) is 0 Å². The predicted molar refractivity (Wildman–Crippen MR) is 164 cm³/mol. The SMILES string of the molecule is CC1[C@@H](F)[C@H](n2cnc3c(N)ncnc32)O[C@@H]1COP(O)(=S)O[C@@H]1C[C@@H](COP(=O)(O)S)O[C@H]1n1c(=O)sc2c(N)ncnc21. The lowest BCUT2D eigenvalue weighted by molar-refractivity contribution is -0.0508. The van der Waals surface area contributed by atoms with Crippen LogP contribution in [0.5, 0.6) is 0 Å². The van der Waals surface area contributed by atoms with Crippen LogP contribution in [-0.4, -0.2) is 81.5 Å². The van der Waals surface area contributed by atoms with E-state index in [0.717, 1.165) is 22.2 Å². The number of aromatic nitrogens is 7. The third-order valence-electron chi connectivity index (χ3n) is 7.26. The second kappa shape index (κ2) is 12.4. The number of alkyl halides is 1. The van der Waals surface area contributed by atoms with Gasteiger partial charge in [0.05, 0.1) is 31.7 Å². The van der Waals surface area contributed by atoms with Crippen molar-refractivity contribution in [2.45, 2.75) is 50.3 Å². The molecule has 0 aromatic carbocycles. The van der Waals surface area contributed by atoms with Crippen molar-refractivity contribution < 1.29 is 41.8 Å². The number of thiazole rings is 1. The summed E-state index contributed by atoms with van der Waals surface area (Å²) in [7, 11) is 0. The molecular formula is C21H26FN9O9P2S3. The number of nitrogen functional groups attached to an aromatic ring is 2. The van der Waals surface area contributed by atoms with Crippen LogP contribution in [0.15, 0.2) is 23.8 Å². The van der Waals surface area contributed by atoms with Gasteiger partial charge in [-0.3, -0.25) is 18.5 Å². The molecule has 24 heteroatoms. The van der Waals surface area contributed by atoms with Gasteiger partial charge in [0.1, 0.15) is 34.8 Å². The Morgan fingerprint density at radius 1 is 1.11 bits per heavy atom. The fraction of sp³-hybridized carbons (Fsp3) is 0.524. The molecule has 3 unspecified atom stereocenters. The molecular weight excluding hydrogens is 699 g/mol. The monoisotopic (exact) mass is 725 g/mol. The van der Waals surface area contributed by atoms with Gasteiger partial charge >= 0.3 is 18.4 Å². The first-order valence-corrected chi connectivity index (χ1v) is 19.2. The first kappa shape index (κ1) is 32.7. The number of hydrogen-bond donors (Lipinski definition) is 5. The van der Waals surface area contributed by atoms with Gasteiger partial charge in [-0.1, -0.05) is 30.5 Å². The summed E-state index contributed by atoms with van der Waals surface area (Å²) in [5, 5.41) is 0. The number of ether oxygens (including phenoxy) is 2. The third-order valence-corrected chi connectivity index (χ3v) is 10.6. The van der Waals surface area contributed by atoms with Gasteiger partial charge in [0, 0.05) is 12.3 Å². The van der Waals surface area contributed by atoms with Crippen molar-refractivity contribution in [1.29, 1.82) is 0 Å². The van der Waals surface area contributed by atoms with Crippen LogP contribution in [0.25, 0.3) is 21.5 Å². The zero-order valence-corrected chi connectivity index (χ0v) is 27.3. The van der Waals surface area contributed by atoms with Crippen molar-refractivity contribution >= 4 is 82.1 Å². The second-order valence-electron chi connectivity index (χ2n) is 10.2. The summed E-state index contributed by atoms with van der Waals surface area (Å²) in [5.74, 6) is -0.509. The van der Waals surface area contributed by atoms with E-state index in [2.05, 4.69) is 37.2 Å². The number of nitrogens with two attached hydrogens (primary N) is 2. The van der Waals surface area contributed by atoms with E-state index < -0.39 is 67.9 Å². The number of hydrogen-bond acceptors (Lipinski definition) is 16. The smallest absolute Gasteiger partial charge is 0.382 e. The van der Waals surface area contributed by atoms with Gasteiger partial charge in [-0.15, -0.1) is 0 Å². The maximum Gasteiger partial charge on any atom is 0.383 e. The number of thiol groups is 1. The van der Waals surface area contributed by atoms with Crippen LogP contribution in [0.1, 0.15) is 25.8 Å². The van der Waals surface area contributed by atoms with Crippen LogP contribution >= 0.6 is 37.1 Å². The van der Waals surface area contributed by atoms with E-state index in [9.17, 15) is 19.1 Å². The molecule has 0 amide bonds. The van der Waals surface area contributed by atoms with Crippen molar-refractivity contribution in [2.24, 2.45) is 5.92 Å². The molecule has 244 valence electrons. The number of halogens is 1. The molecule has 0 aliphatic carbocycles. The molecule has 0 bridgehead atoms. The zero-order chi connectivity index (χ0) is 32.3. The summed E-state index contributed by atoms with van der Waals surface area (Å²) in [6, 6.07) is 0. The van der Waals surface area contributed by atoms with Gasteiger partial charge in [-0.2, -0.15) is 0 Å². The molecule has 6 rings (SSSR count). The molecule has 4 aromatic heterocycles. The van der Waals surface area contributed by atoms with Gasteiger partial charge in [0.15, 0.2) is 35.7 Å². The lowest BCUT2D eigenvalue weighted by Gasteiger charge is -2.25. The van der Waals surface area contributed by atoms with Crippen molar-refractivity contribution in [3.05, 3.63) is 28.6 Å². The summed E-state index contributed by atoms with van der Waals surface area (Å²) in [5.41, 5.74) is 12.5. The number of imidazole rings is 1. The highest BCUT2D eigenvalue weighted by Crippen LogP contribution is 2.52. The average Bonchev–Trinajstić information content (AvgIpc) is 3.71.